The van der Waals surface area contributed by atoms with Gasteiger partial charge >= 0.3 is 0 Å². The van der Waals surface area contributed by atoms with Crippen LogP contribution in [0.1, 0.15) is 12.0 Å². The third-order valence-electron chi connectivity index (χ3n) is 6.46. The molecule has 4 aromatic carbocycles. The fourth-order valence-electron chi connectivity index (χ4n) is 4.43. The first kappa shape index (κ1) is 25.9. The van der Waals surface area contributed by atoms with E-state index >= 15 is 0 Å². The van der Waals surface area contributed by atoms with Crippen LogP contribution in [0.2, 0.25) is 0 Å². The van der Waals surface area contributed by atoms with Crippen LogP contribution in [0.4, 0.5) is 15.9 Å². The zero-order valence-corrected chi connectivity index (χ0v) is 21.7. The number of hydrogen-bond acceptors (Lipinski definition) is 5. The maximum atomic E-state index is 13.6. The van der Waals surface area contributed by atoms with Crippen LogP contribution in [0.3, 0.4) is 0 Å². The summed E-state index contributed by atoms with van der Waals surface area (Å²) in [5.74, 6) is 1.53. The lowest BCUT2D eigenvalue weighted by atomic mass is 10.1. The summed E-state index contributed by atoms with van der Waals surface area (Å²) in [6, 6.07) is 31.7. The lowest BCUT2D eigenvalue weighted by Gasteiger charge is -2.25. The topological polar surface area (TPSA) is 67.3 Å². The van der Waals surface area contributed by atoms with Gasteiger partial charge in [-0.3, -0.25) is 4.79 Å². The third-order valence-corrected chi connectivity index (χ3v) is 6.46. The van der Waals surface area contributed by atoms with Crippen LogP contribution in [0.15, 0.2) is 103 Å². The Labute approximate surface area is 227 Å². The van der Waals surface area contributed by atoms with Crippen molar-refractivity contribution in [3.05, 3.63) is 115 Å². The van der Waals surface area contributed by atoms with Crippen LogP contribution >= 0.6 is 0 Å². The lowest BCUT2D eigenvalue weighted by molar-refractivity contribution is -0.116. The summed E-state index contributed by atoms with van der Waals surface area (Å²) < 4.78 is 18.9. The average molecular weight is 521 g/mol. The number of carbonyl (C=O) groups is 1. The van der Waals surface area contributed by atoms with Crippen molar-refractivity contribution < 1.29 is 13.9 Å². The summed E-state index contributed by atoms with van der Waals surface area (Å²) in [5.41, 5.74) is 3.32. The standard InChI is InChI=1S/C32H29FN4O2/c1-39-27-16-14-24(15-17-27)31-35-29-13-6-5-12-28(29)32(36-31)37(20-18-23-8-3-2-4-9-23)21-19-30(38)34-26-11-7-10-25(33)22-26/h2-17,22H,18-21H2,1H3,(H,34,38). The van der Waals surface area contributed by atoms with E-state index in [1.165, 1.54) is 17.7 Å². The van der Waals surface area contributed by atoms with Gasteiger partial charge < -0.3 is 15.0 Å². The molecule has 0 spiro atoms. The second-order valence-corrected chi connectivity index (χ2v) is 9.15. The SMILES string of the molecule is COc1ccc(-c2nc(N(CCC(=O)Nc3cccc(F)c3)CCc3ccccc3)c3ccccc3n2)cc1. The van der Waals surface area contributed by atoms with E-state index in [4.69, 9.17) is 14.7 Å². The van der Waals surface area contributed by atoms with Crippen molar-refractivity contribution in [3.63, 3.8) is 0 Å². The molecule has 6 nitrogen and oxygen atoms in total. The molecule has 0 aliphatic rings. The zero-order valence-electron chi connectivity index (χ0n) is 21.7. The minimum absolute atomic E-state index is 0.195. The van der Waals surface area contributed by atoms with Crippen molar-refractivity contribution in [1.29, 1.82) is 0 Å². The number of benzene rings is 4. The molecule has 1 heterocycles. The van der Waals surface area contributed by atoms with E-state index in [2.05, 4.69) is 22.3 Å². The minimum atomic E-state index is -0.393. The van der Waals surface area contributed by atoms with Gasteiger partial charge in [0.15, 0.2) is 5.82 Å². The number of carbonyl (C=O) groups excluding carboxylic acids is 1. The highest BCUT2D eigenvalue weighted by atomic mass is 19.1. The number of fused-ring (bicyclic) bond motifs is 1. The fourth-order valence-corrected chi connectivity index (χ4v) is 4.43. The van der Waals surface area contributed by atoms with Gasteiger partial charge in [0.2, 0.25) is 5.91 Å². The Morgan fingerprint density at radius 1 is 0.872 bits per heavy atom. The lowest BCUT2D eigenvalue weighted by Crippen LogP contribution is -2.31. The highest BCUT2D eigenvalue weighted by Gasteiger charge is 2.17. The predicted octanol–water partition coefficient (Wildman–Crippen LogP) is 6.52. The van der Waals surface area contributed by atoms with Crippen molar-refractivity contribution in [3.8, 4) is 17.1 Å². The van der Waals surface area contributed by atoms with Crippen molar-refractivity contribution >= 4 is 28.3 Å². The first-order valence-corrected chi connectivity index (χ1v) is 12.8. The molecule has 1 aromatic heterocycles. The van der Waals surface area contributed by atoms with Gasteiger partial charge in [0.05, 0.1) is 12.6 Å². The molecule has 5 rings (SSSR count). The number of para-hydroxylation sites is 1. The van der Waals surface area contributed by atoms with E-state index in [0.29, 0.717) is 24.6 Å². The number of aromatic nitrogens is 2. The first-order chi connectivity index (χ1) is 19.1. The summed E-state index contributed by atoms with van der Waals surface area (Å²) >= 11 is 0. The molecule has 0 saturated carbocycles. The van der Waals surface area contributed by atoms with Gasteiger partial charge in [-0.1, -0.05) is 48.5 Å². The van der Waals surface area contributed by atoms with Gasteiger partial charge in [-0.25, -0.2) is 14.4 Å². The Morgan fingerprint density at radius 2 is 1.64 bits per heavy atom. The molecule has 0 unspecified atom stereocenters. The number of ether oxygens (including phenoxy) is 1. The highest BCUT2D eigenvalue weighted by molar-refractivity contribution is 5.93. The van der Waals surface area contributed by atoms with Gasteiger partial charge in [0, 0.05) is 36.1 Å². The van der Waals surface area contributed by atoms with E-state index in [9.17, 15) is 9.18 Å². The van der Waals surface area contributed by atoms with Crippen LogP contribution in [0.5, 0.6) is 5.75 Å². The zero-order chi connectivity index (χ0) is 27.0. The maximum Gasteiger partial charge on any atom is 0.226 e. The van der Waals surface area contributed by atoms with Crippen LogP contribution < -0.4 is 15.0 Å². The second kappa shape index (κ2) is 12.2. The van der Waals surface area contributed by atoms with Gasteiger partial charge in [0.1, 0.15) is 17.4 Å². The molecule has 39 heavy (non-hydrogen) atoms. The normalized spacial score (nSPS) is 10.8. The molecule has 0 saturated heterocycles. The van der Waals surface area contributed by atoms with Gasteiger partial charge in [-0.2, -0.15) is 0 Å². The van der Waals surface area contributed by atoms with Crippen LogP contribution in [0.25, 0.3) is 22.3 Å². The quantitative estimate of drug-likeness (QED) is 0.227. The molecule has 1 N–H and O–H groups in total. The number of halogens is 1. The van der Waals surface area contributed by atoms with Gasteiger partial charge in [-0.05, 0) is 66.6 Å². The van der Waals surface area contributed by atoms with E-state index in [1.54, 1.807) is 19.2 Å². The Hall–Kier alpha value is -4.78. The molecule has 0 aliphatic carbocycles. The Bertz CT molecular complexity index is 1560. The van der Waals surface area contributed by atoms with Crippen molar-refractivity contribution in [1.82, 2.24) is 9.97 Å². The number of anilines is 2. The van der Waals surface area contributed by atoms with Crippen LogP contribution in [0, 0.1) is 5.82 Å². The monoisotopic (exact) mass is 520 g/mol. The summed E-state index contributed by atoms with van der Waals surface area (Å²) in [4.78, 5) is 24.8. The molecule has 0 bridgehead atoms. The molecule has 7 heteroatoms. The highest BCUT2D eigenvalue weighted by Crippen LogP contribution is 2.29. The van der Waals surface area contributed by atoms with E-state index in [0.717, 1.165) is 34.5 Å². The molecule has 0 fully saturated rings. The van der Waals surface area contributed by atoms with Gasteiger partial charge in [-0.15, -0.1) is 0 Å². The largest absolute Gasteiger partial charge is 0.497 e. The van der Waals surface area contributed by atoms with Crippen molar-refractivity contribution in [2.24, 2.45) is 0 Å². The van der Waals surface area contributed by atoms with Crippen LogP contribution in [-0.4, -0.2) is 36.1 Å². The minimum Gasteiger partial charge on any atom is -0.497 e. The summed E-state index contributed by atoms with van der Waals surface area (Å²) in [6.45, 7) is 1.08. The molecule has 5 aromatic rings. The van der Waals surface area contributed by atoms with Crippen LogP contribution in [-0.2, 0) is 11.2 Å². The van der Waals surface area contributed by atoms with Crippen molar-refractivity contribution in [2.75, 3.05) is 30.4 Å². The Kier molecular flexibility index (Phi) is 8.07. The molecule has 1 amide bonds. The fraction of sp³-hybridized carbons (Fsp3) is 0.156. The number of methoxy groups -OCH3 is 1. The van der Waals surface area contributed by atoms with Crippen molar-refractivity contribution in [2.45, 2.75) is 12.8 Å². The van der Waals surface area contributed by atoms with E-state index < -0.39 is 5.82 Å². The van der Waals surface area contributed by atoms with E-state index in [-0.39, 0.29) is 12.3 Å². The Balaban J connectivity index is 1.46. The third kappa shape index (κ3) is 6.57. The number of nitrogens with zero attached hydrogens (tertiary/aromatic N) is 3. The predicted molar refractivity (Wildman–Crippen MR) is 154 cm³/mol. The number of amides is 1. The summed E-state index contributed by atoms with van der Waals surface area (Å²) in [5, 5.41) is 3.71. The molecule has 0 atom stereocenters. The maximum absolute atomic E-state index is 13.6. The van der Waals surface area contributed by atoms with E-state index in [1.807, 2.05) is 66.7 Å². The summed E-state index contributed by atoms with van der Waals surface area (Å²) in [7, 11) is 1.63. The smallest absolute Gasteiger partial charge is 0.226 e. The molecular formula is C32H29FN4O2. The number of hydrogen-bond donors (Lipinski definition) is 1. The Morgan fingerprint density at radius 3 is 2.41 bits per heavy atom. The molecule has 0 radical (unpaired) electrons. The number of rotatable bonds is 10. The summed E-state index contributed by atoms with van der Waals surface area (Å²) in [6.07, 6.45) is 0.990. The first-order valence-electron chi connectivity index (χ1n) is 12.8. The molecule has 196 valence electrons. The number of nitrogens with one attached hydrogen (secondary N) is 1. The molecule has 0 aliphatic heterocycles. The molecular weight excluding hydrogens is 491 g/mol. The average Bonchev–Trinajstić information content (AvgIpc) is 2.97. The second-order valence-electron chi connectivity index (χ2n) is 9.15. The van der Waals surface area contributed by atoms with Gasteiger partial charge in [0.25, 0.3) is 0 Å².